The summed E-state index contributed by atoms with van der Waals surface area (Å²) >= 11 is 0. The Hall–Kier alpha value is -1.83. The number of carbonyl (C=O) groups is 2. The molecule has 4 N–H and O–H groups in total. The second kappa shape index (κ2) is 10.1. The zero-order valence-electron chi connectivity index (χ0n) is 16.3. The molecule has 1 aromatic rings. The Bertz CT molecular complexity index is 686. The molecule has 0 unspecified atom stereocenters. The van der Waals surface area contributed by atoms with Crippen molar-refractivity contribution in [3.8, 4) is 5.75 Å². The first-order chi connectivity index (χ1) is 13.0. The average Bonchev–Trinajstić information content (AvgIpc) is 2.69. The van der Waals surface area contributed by atoms with Crippen LogP contribution in [0.3, 0.4) is 0 Å². The summed E-state index contributed by atoms with van der Waals surface area (Å²) in [4.78, 5) is 25.2. The molecule has 1 saturated carbocycles. The van der Waals surface area contributed by atoms with E-state index in [0.717, 1.165) is 25.7 Å². The van der Waals surface area contributed by atoms with E-state index in [4.69, 9.17) is 15.2 Å². The van der Waals surface area contributed by atoms with E-state index in [-0.39, 0.29) is 30.1 Å². The number of hydrogen-bond donors (Lipinski definition) is 3. The first-order valence-corrected chi connectivity index (χ1v) is 9.69. The summed E-state index contributed by atoms with van der Waals surface area (Å²) in [5.74, 6) is 0.374. The van der Waals surface area contributed by atoms with E-state index in [0.29, 0.717) is 43.2 Å². The second-order valence-corrected chi connectivity index (χ2v) is 7.46. The van der Waals surface area contributed by atoms with Crippen LogP contribution in [0.4, 0.5) is 11.4 Å². The van der Waals surface area contributed by atoms with Gasteiger partial charge in [0, 0.05) is 24.8 Å². The molecule has 2 amide bonds. The van der Waals surface area contributed by atoms with Crippen LogP contribution in [-0.2, 0) is 14.3 Å². The van der Waals surface area contributed by atoms with Gasteiger partial charge in [-0.3, -0.25) is 9.59 Å². The predicted octanol–water partition coefficient (Wildman–Crippen LogP) is 3.08. The van der Waals surface area contributed by atoms with Crippen LogP contribution in [0.25, 0.3) is 0 Å². The fourth-order valence-electron chi connectivity index (χ4n) is 3.70. The average molecular weight is 412 g/mol. The van der Waals surface area contributed by atoms with Crippen LogP contribution in [0.1, 0.15) is 44.9 Å². The highest BCUT2D eigenvalue weighted by molar-refractivity contribution is 6.00. The summed E-state index contributed by atoms with van der Waals surface area (Å²) in [5.41, 5.74) is 6.45. The van der Waals surface area contributed by atoms with Crippen LogP contribution in [0, 0.1) is 5.92 Å². The zero-order valence-corrected chi connectivity index (χ0v) is 17.1. The van der Waals surface area contributed by atoms with E-state index in [9.17, 15) is 9.59 Å². The fraction of sp³-hybridized carbons (Fsp3) is 0.600. The van der Waals surface area contributed by atoms with Gasteiger partial charge in [-0.05, 0) is 43.9 Å². The van der Waals surface area contributed by atoms with Crippen molar-refractivity contribution in [1.82, 2.24) is 0 Å². The normalized spacial score (nSPS) is 19.2. The van der Waals surface area contributed by atoms with E-state index in [2.05, 4.69) is 10.6 Å². The van der Waals surface area contributed by atoms with Crippen molar-refractivity contribution in [3.63, 3.8) is 0 Å². The van der Waals surface area contributed by atoms with Crippen LogP contribution in [0.2, 0.25) is 0 Å². The lowest BCUT2D eigenvalue weighted by molar-refractivity contribution is -0.124. The van der Waals surface area contributed by atoms with Gasteiger partial charge < -0.3 is 25.8 Å². The molecule has 2 aliphatic rings. The van der Waals surface area contributed by atoms with Crippen molar-refractivity contribution >= 4 is 35.6 Å². The number of anilines is 2. The van der Waals surface area contributed by atoms with Crippen molar-refractivity contribution in [1.29, 1.82) is 0 Å². The van der Waals surface area contributed by atoms with Crippen molar-refractivity contribution in [2.45, 2.75) is 50.5 Å². The van der Waals surface area contributed by atoms with E-state index < -0.39 is 5.54 Å². The Morgan fingerprint density at radius 1 is 1.14 bits per heavy atom. The van der Waals surface area contributed by atoms with E-state index in [1.165, 1.54) is 6.42 Å². The first-order valence-electron chi connectivity index (χ1n) is 9.69. The fourth-order valence-corrected chi connectivity index (χ4v) is 3.70. The van der Waals surface area contributed by atoms with Gasteiger partial charge in [0.25, 0.3) is 0 Å². The molecule has 0 radical (unpaired) electrons. The number of carbonyl (C=O) groups excluding carboxylic acids is 2. The monoisotopic (exact) mass is 411 g/mol. The minimum absolute atomic E-state index is 0. The predicted molar refractivity (Wildman–Crippen MR) is 111 cm³/mol. The van der Waals surface area contributed by atoms with Crippen molar-refractivity contribution in [3.05, 3.63) is 18.2 Å². The van der Waals surface area contributed by atoms with Gasteiger partial charge >= 0.3 is 0 Å². The first kappa shape index (κ1) is 22.5. The standard InChI is InChI=1S/C20H29N3O4.ClH/c1-26-17-8-7-15(22-19(25)20(21)9-11-27-12-10-20)13-16(17)23-18(24)14-5-3-2-4-6-14;/h7-8,13-14H,2-6,9-12,21H2,1H3,(H,22,25)(H,23,24);1H. The van der Waals surface area contributed by atoms with Gasteiger partial charge in [-0.2, -0.15) is 0 Å². The van der Waals surface area contributed by atoms with E-state index >= 15 is 0 Å². The summed E-state index contributed by atoms with van der Waals surface area (Å²) in [6, 6.07) is 5.20. The third kappa shape index (κ3) is 5.37. The maximum Gasteiger partial charge on any atom is 0.244 e. The van der Waals surface area contributed by atoms with Gasteiger partial charge in [0.2, 0.25) is 11.8 Å². The minimum atomic E-state index is -0.927. The Balaban J connectivity index is 0.00000280. The molecular weight excluding hydrogens is 382 g/mol. The molecule has 7 nitrogen and oxygen atoms in total. The van der Waals surface area contributed by atoms with Gasteiger partial charge in [-0.15, -0.1) is 12.4 Å². The molecule has 1 aliphatic carbocycles. The number of hydrogen-bond acceptors (Lipinski definition) is 5. The lowest BCUT2D eigenvalue weighted by Gasteiger charge is -2.31. The Labute approximate surface area is 172 Å². The van der Waals surface area contributed by atoms with Crippen LogP contribution < -0.4 is 21.1 Å². The summed E-state index contributed by atoms with van der Waals surface area (Å²) < 4.78 is 10.7. The number of nitrogens with one attached hydrogen (secondary N) is 2. The van der Waals surface area contributed by atoms with Gasteiger partial charge in [0.05, 0.1) is 12.8 Å². The lowest BCUT2D eigenvalue weighted by atomic mass is 9.88. The molecule has 0 aromatic heterocycles. The molecule has 0 bridgehead atoms. The molecule has 8 heteroatoms. The van der Waals surface area contributed by atoms with Crippen LogP contribution in [0.15, 0.2) is 18.2 Å². The smallest absolute Gasteiger partial charge is 0.244 e. The number of halogens is 1. The van der Waals surface area contributed by atoms with Crippen molar-refractivity contribution in [2.24, 2.45) is 11.7 Å². The van der Waals surface area contributed by atoms with E-state index in [1.807, 2.05) is 0 Å². The van der Waals surface area contributed by atoms with Gasteiger partial charge in [-0.1, -0.05) is 19.3 Å². The highest BCUT2D eigenvalue weighted by Crippen LogP contribution is 2.31. The number of ether oxygens (including phenoxy) is 2. The second-order valence-electron chi connectivity index (χ2n) is 7.46. The molecule has 28 heavy (non-hydrogen) atoms. The summed E-state index contributed by atoms with van der Waals surface area (Å²) in [7, 11) is 1.56. The molecule has 0 spiro atoms. The maximum absolute atomic E-state index is 12.6. The molecule has 3 rings (SSSR count). The van der Waals surface area contributed by atoms with Crippen molar-refractivity contribution in [2.75, 3.05) is 31.0 Å². The zero-order chi connectivity index (χ0) is 19.3. The summed E-state index contributed by atoms with van der Waals surface area (Å²) in [6.45, 7) is 0.963. The maximum atomic E-state index is 12.6. The van der Waals surface area contributed by atoms with Crippen LogP contribution in [0.5, 0.6) is 5.75 Å². The number of rotatable bonds is 5. The van der Waals surface area contributed by atoms with Crippen molar-refractivity contribution < 1.29 is 19.1 Å². The van der Waals surface area contributed by atoms with Gasteiger partial charge in [0.1, 0.15) is 11.3 Å². The highest BCUT2D eigenvalue weighted by atomic mass is 35.5. The molecule has 1 heterocycles. The van der Waals surface area contributed by atoms with Crippen LogP contribution >= 0.6 is 12.4 Å². The topological polar surface area (TPSA) is 103 Å². The van der Waals surface area contributed by atoms with Crippen LogP contribution in [-0.4, -0.2) is 37.7 Å². The Kier molecular flexibility index (Phi) is 8.10. The highest BCUT2D eigenvalue weighted by Gasteiger charge is 2.36. The molecule has 2 fully saturated rings. The molecule has 1 aromatic carbocycles. The largest absolute Gasteiger partial charge is 0.495 e. The molecule has 0 atom stereocenters. The molecule has 1 saturated heterocycles. The molecule has 1 aliphatic heterocycles. The number of benzene rings is 1. The third-order valence-corrected chi connectivity index (χ3v) is 5.53. The molecule has 156 valence electrons. The SMILES string of the molecule is COc1ccc(NC(=O)C2(N)CCOCC2)cc1NC(=O)C1CCCCC1.Cl. The number of nitrogens with two attached hydrogens (primary N) is 1. The van der Waals surface area contributed by atoms with Gasteiger partial charge in [0.15, 0.2) is 0 Å². The Morgan fingerprint density at radius 3 is 2.46 bits per heavy atom. The summed E-state index contributed by atoms with van der Waals surface area (Å²) in [5, 5.41) is 5.84. The lowest BCUT2D eigenvalue weighted by Crippen LogP contribution is -2.54. The quantitative estimate of drug-likeness (QED) is 0.690. The number of methoxy groups -OCH3 is 1. The summed E-state index contributed by atoms with van der Waals surface area (Å²) in [6.07, 6.45) is 6.19. The molecular formula is C20H30ClN3O4. The van der Waals surface area contributed by atoms with E-state index in [1.54, 1.807) is 25.3 Å². The Morgan fingerprint density at radius 2 is 1.82 bits per heavy atom. The van der Waals surface area contributed by atoms with Gasteiger partial charge in [-0.25, -0.2) is 0 Å². The number of amides is 2. The third-order valence-electron chi connectivity index (χ3n) is 5.53. The minimum Gasteiger partial charge on any atom is -0.495 e.